The summed E-state index contributed by atoms with van der Waals surface area (Å²) in [6, 6.07) is 10.00. The van der Waals surface area contributed by atoms with E-state index >= 15 is 0 Å². The average Bonchev–Trinajstić information content (AvgIpc) is 2.67. The van der Waals surface area contributed by atoms with Crippen molar-refractivity contribution in [1.82, 2.24) is 0 Å². The van der Waals surface area contributed by atoms with Crippen molar-refractivity contribution in [2.75, 3.05) is 18.0 Å². The summed E-state index contributed by atoms with van der Waals surface area (Å²) in [7, 11) is 0. The highest BCUT2D eigenvalue weighted by Crippen LogP contribution is 2.51. The summed E-state index contributed by atoms with van der Waals surface area (Å²) >= 11 is 3.45. The quantitative estimate of drug-likeness (QED) is 0.673. The highest BCUT2D eigenvalue weighted by atomic mass is 79.9. The van der Waals surface area contributed by atoms with Gasteiger partial charge in [-0.25, -0.2) is 4.39 Å². The Hall–Kier alpha value is -2.41. The fourth-order valence-electron chi connectivity index (χ4n) is 4.50. The molecule has 1 amide bonds. The zero-order chi connectivity index (χ0) is 20.6. The molecular formula is C22H22BrFN2O3. The number of piperidine rings is 1. The molecule has 152 valence electrons. The maximum atomic E-state index is 13.9. The van der Waals surface area contributed by atoms with Gasteiger partial charge in [-0.2, -0.15) is 0 Å². The molecule has 1 aliphatic carbocycles. The number of carbonyl (C=O) groups excluding carboxylic acids is 2. The minimum Gasteiger partial charge on any atom is -0.490 e. The van der Waals surface area contributed by atoms with Crippen molar-refractivity contribution in [2.24, 2.45) is 11.1 Å². The van der Waals surface area contributed by atoms with E-state index in [-0.39, 0.29) is 17.1 Å². The first kappa shape index (κ1) is 19.9. The van der Waals surface area contributed by atoms with Crippen molar-refractivity contribution < 1.29 is 18.7 Å². The first-order chi connectivity index (χ1) is 13.9. The number of hydrogen-bond acceptors (Lipinski definition) is 4. The Balaban J connectivity index is 1.34. The van der Waals surface area contributed by atoms with Gasteiger partial charge >= 0.3 is 0 Å². The molecule has 2 aliphatic rings. The van der Waals surface area contributed by atoms with E-state index in [1.54, 1.807) is 6.07 Å². The highest BCUT2D eigenvalue weighted by Gasteiger charge is 2.47. The van der Waals surface area contributed by atoms with E-state index in [1.807, 2.05) is 18.2 Å². The van der Waals surface area contributed by atoms with E-state index in [0.717, 1.165) is 55.2 Å². The number of rotatable bonds is 5. The first-order valence-corrected chi connectivity index (χ1v) is 10.4. The minimum absolute atomic E-state index is 0.0526. The molecule has 1 saturated heterocycles. The number of nitrogens with two attached hydrogens (primary N) is 1. The predicted octanol–water partition coefficient (Wildman–Crippen LogP) is 4.33. The normalized spacial score (nSPS) is 18.3. The molecule has 0 aromatic heterocycles. The largest absolute Gasteiger partial charge is 0.490 e. The number of halogens is 2. The summed E-state index contributed by atoms with van der Waals surface area (Å²) in [6.45, 7) is 1.79. The molecule has 0 unspecified atom stereocenters. The van der Waals surface area contributed by atoms with Crippen LogP contribution < -0.4 is 15.4 Å². The van der Waals surface area contributed by atoms with Crippen LogP contribution in [0.2, 0.25) is 0 Å². The third-order valence-electron chi connectivity index (χ3n) is 6.14. The third kappa shape index (κ3) is 3.88. The Kier molecular flexibility index (Phi) is 5.34. The second-order valence-electron chi connectivity index (χ2n) is 7.93. The molecule has 2 fully saturated rings. The molecule has 0 radical (unpaired) electrons. The van der Waals surface area contributed by atoms with Gasteiger partial charge in [0.15, 0.2) is 6.29 Å². The third-order valence-corrected chi connectivity index (χ3v) is 6.83. The summed E-state index contributed by atoms with van der Waals surface area (Å²) in [6.07, 6.45) is 4.88. The van der Waals surface area contributed by atoms with Crippen LogP contribution in [-0.2, 0) is 0 Å². The lowest BCUT2D eigenvalue weighted by Crippen LogP contribution is -2.51. The van der Waals surface area contributed by atoms with Crippen LogP contribution in [-0.4, -0.2) is 31.4 Å². The summed E-state index contributed by atoms with van der Waals surface area (Å²) < 4.78 is 20.6. The fourth-order valence-corrected chi connectivity index (χ4v) is 4.95. The standard InChI is InChI=1S/C22H22BrFN2O3/c23-18-2-1-3-20(17(18)13-27)26-8-6-22(7-9-26)11-15(12-22)29-14-4-5-16(21(25)28)19(24)10-14/h1-5,10,13,15H,6-9,11-12H2,(H2,25,28). The van der Waals surface area contributed by atoms with Gasteiger partial charge in [0.05, 0.1) is 17.2 Å². The average molecular weight is 461 g/mol. The minimum atomic E-state index is -0.786. The van der Waals surface area contributed by atoms with Gasteiger partial charge < -0.3 is 15.4 Å². The van der Waals surface area contributed by atoms with Gasteiger partial charge in [-0.05, 0) is 71.3 Å². The molecule has 1 aliphatic heterocycles. The lowest BCUT2D eigenvalue weighted by atomic mass is 9.61. The Morgan fingerprint density at radius 3 is 2.59 bits per heavy atom. The lowest BCUT2D eigenvalue weighted by Gasteiger charge is -2.52. The Morgan fingerprint density at radius 2 is 1.97 bits per heavy atom. The molecule has 4 rings (SSSR count). The molecule has 29 heavy (non-hydrogen) atoms. The summed E-state index contributed by atoms with van der Waals surface area (Å²) in [4.78, 5) is 24.9. The molecule has 1 spiro atoms. The highest BCUT2D eigenvalue weighted by molar-refractivity contribution is 9.10. The van der Waals surface area contributed by atoms with E-state index < -0.39 is 11.7 Å². The van der Waals surface area contributed by atoms with Gasteiger partial charge in [0.1, 0.15) is 11.6 Å². The van der Waals surface area contributed by atoms with Crippen LogP contribution in [0.15, 0.2) is 40.9 Å². The Morgan fingerprint density at radius 1 is 1.24 bits per heavy atom. The van der Waals surface area contributed by atoms with E-state index in [9.17, 15) is 14.0 Å². The van der Waals surface area contributed by atoms with Crippen LogP contribution in [0.1, 0.15) is 46.4 Å². The van der Waals surface area contributed by atoms with E-state index in [1.165, 1.54) is 12.1 Å². The van der Waals surface area contributed by atoms with Gasteiger partial charge in [-0.3, -0.25) is 9.59 Å². The number of benzene rings is 2. The number of hydrogen-bond donors (Lipinski definition) is 1. The maximum absolute atomic E-state index is 13.9. The number of primary amides is 1. The van der Waals surface area contributed by atoms with Crippen LogP contribution in [0.4, 0.5) is 10.1 Å². The van der Waals surface area contributed by atoms with E-state index in [0.29, 0.717) is 11.3 Å². The summed E-state index contributed by atoms with van der Waals surface area (Å²) in [5.41, 5.74) is 6.92. The Bertz CT molecular complexity index is 949. The molecule has 2 aromatic carbocycles. The van der Waals surface area contributed by atoms with Crippen LogP contribution in [0.3, 0.4) is 0 Å². The number of anilines is 1. The zero-order valence-electron chi connectivity index (χ0n) is 15.9. The monoisotopic (exact) mass is 460 g/mol. The molecule has 1 saturated carbocycles. The second-order valence-corrected chi connectivity index (χ2v) is 8.79. The topological polar surface area (TPSA) is 72.6 Å². The molecule has 5 nitrogen and oxygen atoms in total. The SMILES string of the molecule is NC(=O)c1ccc(OC2CC3(CCN(c4cccc(Br)c4C=O)CC3)C2)cc1F. The molecule has 2 N–H and O–H groups in total. The fraction of sp³-hybridized carbons (Fsp3) is 0.364. The lowest BCUT2D eigenvalue weighted by molar-refractivity contribution is -0.0311. The van der Waals surface area contributed by atoms with Gasteiger partial charge in [-0.15, -0.1) is 0 Å². The first-order valence-electron chi connectivity index (χ1n) is 9.65. The summed E-state index contributed by atoms with van der Waals surface area (Å²) in [5, 5.41) is 0. The van der Waals surface area contributed by atoms with Crippen LogP contribution in [0.5, 0.6) is 5.75 Å². The van der Waals surface area contributed by atoms with Crippen LogP contribution in [0.25, 0.3) is 0 Å². The van der Waals surface area contributed by atoms with Gasteiger partial charge in [0.2, 0.25) is 0 Å². The number of aldehydes is 1. The Labute approximate surface area is 177 Å². The van der Waals surface area contributed by atoms with Crippen molar-refractivity contribution in [3.05, 3.63) is 57.8 Å². The predicted molar refractivity (Wildman–Crippen MR) is 112 cm³/mol. The van der Waals surface area contributed by atoms with Crippen molar-refractivity contribution in [3.8, 4) is 5.75 Å². The second kappa shape index (κ2) is 7.78. The number of ether oxygens (including phenoxy) is 1. The molecule has 1 heterocycles. The number of carbonyl (C=O) groups is 2. The zero-order valence-corrected chi connectivity index (χ0v) is 17.5. The van der Waals surface area contributed by atoms with E-state index in [4.69, 9.17) is 10.5 Å². The molecule has 7 heteroatoms. The van der Waals surface area contributed by atoms with Gasteiger partial charge in [0.25, 0.3) is 5.91 Å². The number of nitrogens with zero attached hydrogens (tertiary/aromatic N) is 1. The van der Waals surface area contributed by atoms with Crippen molar-refractivity contribution >= 4 is 33.8 Å². The van der Waals surface area contributed by atoms with Crippen molar-refractivity contribution in [1.29, 1.82) is 0 Å². The molecule has 2 aromatic rings. The van der Waals surface area contributed by atoms with Gasteiger partial charge in [0, 0.05) is 29.3 Å². The van der Waals surface area contributed by atoms with Crippen LogP contribution >= 0.6 is 15.9 Å². The van der Waals surface area contributed by atoms with Crippen molar-refractivity contribution in [3.63, 3.8) is 0 Å². The molecule has 0 atom stereocenters. The van der Waals surface area contributed by atoms with Gasteiger partial charge in [-0.1, -0.05) is 6.07 Å². The molecule has 0 bridgehead atoms. The summed E-state index contributed by atoms with van der Waals surface area (Å²) in [5.74, 6) is -1.02. The number of amides is 1. The van der Waals surface area contributed by atoms with Crippen LogP contribution in [0, 0.1) is 11.2 Å². The maximum Gasteiger partial charge on any atom is 0.251 e. The van der Waals surface area contributed by atoms with E-state index in [2.05, 4.69) is 20.8 Å². The van der Waals surface area contributed by atoms with Crippen molar-refractivity contribution in [2.45, 2.75) is 31.8 Å². The molecular weight excluding hydrogens is 439 g/mol. The smallest absolute Gasteiger partial charge is 0.251 e.